The zero-order valence-corrected chi connectivity index (χ0v) is 11.6. The van der Waals surface area contributed by atoms with Gasteiger partial charge in [0.1, 0.15) is 5.75 Å². The topological polar surface area (TPSA) is 75.6 Å². The Kier molecular flexibility index (Phi) is 6.29. The van der Waals surface area contributed by atoms with E-state index < -0.39 is 5.97 Å². The van der Waals surface area contributed by atoms with Crippen molar-refractivity contribution in [1.82, 2.24) is 5.32 Å². The summed E-state index contributed by atoms with van der Waals surface area (Å²) < 4.78 is 5.04. The van der Waals surface area contributed by atoms with Crippen molar-refractivity contribution in [3.8, 4) is 5.75 Å². The number of hydrogen-bond donors (Lipinski definition) is 2. The van der Waals surface area contributed by atoms with Gasteiger partial charge in [-0.25, -0.2) is 0 Å². The van der Waals surface area contributed by atoms with Crippen LogP contribution >= 0.6 is 0 Å². The van der Waals surface area contributed by atoms with Crippen LogP contribution in [0.3, 0.4) is 0 Å². The molecule has 0 aliphatic heterocycles. The average molecular weight is 277 g/mol. The van der Waals surface area contributed by atoms with Crippen molar-refractivity contribution in [2.45, 2.75) is 25.8 Å². The Morgan fingerprint density at radius 1 is 1.35 bits per heavy atom. The molecule has 0 saturated heterocycles. The van der Waals surface area contributed by atoms with Crippen LogP contribution in [0.4, 0.5) is 0 Å². The molecule has 1 aromatic carbocycles. The van der Waals surface area contributed by atoms with Gasteiger partial charge in [0, 0.05) is 18.5 Å². The SMILES string of the molecule is COc1ccc(C=CC(=O)NC(C)CCC(=O)O)cc1. The van der Waals surface area contributed by atoms with Crippen LogP contribution in [0.25, 0.3) is 6.08 Å². The highest BCUT2D eigenvalue weighted by atomic mass is 16.5. The molecule has 0 radical (unpaired) electrons. The van der Waals surface area contributed by atoms with Crippen LogP contribution in [-0.2, 0) is 9.59 Å². The van der Waals surface area contributed by atoms with Gasteiger partial charge in [-0.1, -0.05) is 12.1 Å². The minimum absolute atomic E-state index is 0.0453. The molecule has 0 spiro atoms. The highest BCUT2D eigenvalue weighted by Crippen LogP contribution is 2.12. The van der Waals surface area contributed by atoms with Gasteiger partial charge in [0.05, 0.1) is 7.11 Å². The predicted molar refractivity (Wildman–Crippen MR) is 76.5 cm³/mol. The third kappa shape index (κ3) is 6.04. The number of carboxylic acids is 1. The number of rotatable bonds is 7. The molecule has 1 amide bonds. The first-order valence-corrected chi connectivity index (χ1v) is 6.35. The second-order valence-corrected chi connectivity index (χ2v) is 4.45. The lowest BCUT2D eigenvalue weighted by atomic mass is 10.1. The van der Waals surface area contributed by atoms with E-state index in [4.69, 9.17) is 9.84 Å². The Hall–Kier alpha value is -2.30. The second-order valence-electron chi connectivity index (χ2n) is 4.45. The van der Waals surface area contributed by atoms with Crippen LogP contribution in [-0.4, -0.2) is 30.1 Å². The van der Waals surface area contributed by atoms with Crippen LogP contribution in [0.2, 0.25) is 0 Å². The standard InChI is InChI=1S/C15H19NO4/c1-11(3-10-15(18)19)16-14(17)9-6-12-4-7-13(20-2)8-5-12/h4-9,11H,3,10H2,1-2H3,(H,16,17)(H,18,19). The molecular formula is C15H19NO4. The highest BCUT2D eigenvalue weighted by Gasteiger charge is 2.06. The van der Waals surface area contributed by atoms with Crippen LogP contribution in [0.5, 0.6) is 5.75 Å². The fraction of sp³-hybridized carbons (Fsp3) is 0.333. The number of carbonyl (C=O) groups is 2. The van der Waals surface area contributed by atoms with Gasteiger partial charge in [-0.3, -0.25) is 9.59 Å². The van der Waals surface area contributed by atoms with Crippen molar-refractivity contribution in [1.29, 1.82) is 0 Å². The molecule has 5 nitrogen and oxygen atoms in total. The Morgan fingerprint density at radius 2 is 2.00 bits per heavy atom. The molecular weight excluding hydrogens is 258 g/mol. The quantitative estimate of drug-likeness (QED) is 0.748. The van der Waals surface area contributed by atoms with E-state index in [2.05, 4.69) is 5.32 Å². The van der Waals surface area contributed by atoms with Crippen LogP contribution < -0.4 is 10.1 Å². The van der Waals surface area contributed by atoms with E-state index in [1.54, 1.807) is 20.1 Å². The maximum atomic E-state index is 11.6. The van der Waals surface area contributed by atoms with Crippen molar-refractivity contribution in [2.75, 3.05) is 7.11 Å². The summed E-state index contributed by atoms with van der Waals surface area (Å²) in [5.41, 5.74) is 0.888. The second kappa shape index (κ2) is 7.99. The van der Waals surface area contributed by atoms with Gasteiger partial charge in [0.2, 0.25) is 5.91 Å². The molecule has 0 heterocycles. The Morgan fingerprint density at radius 3 is 2.55 bits per heavy atom. The summed E-state index contributed by atoms with van der Waals surface area (Å²) in [6, 6.07) is 7.15. The molecule has 0 aliphatic carbocycles. The largest absolute Gasteiger partial charge is 0.497 e. The molecule has 108 valence electrons. The first kappa shape index (κ1) is 15.8. The van der Waals surface area contributed by atoms with Gasteiger partial charge in [-0.2, -0.15) is 0 Å². The zero-order chi connectivity index (χ0) is 15.0. The lowest BCUT2D eigenvalue weighted by molar-refractivity contribution is -0.137. The molecule has 0 bridgehead atoms. The van der Waals surface area contributed by atoms with E-state index in [1.807, 2.05) is 24.3 Å². The van der Waals surface area contributed by atoms with Crippen LogP contribution in [0.15, 0.2) is 30.3 Å². The number of hydrogen-bond acceptors (Lipinski definition) is 3. The first-order chi connectivity index (χ1) is 9.51. The summed E-state index contributed by atoms with van der Waals surface area (Å²) in [6.45, 7) is 1.78. The normalized spacial score (nSPS) is 12.1. The molecule has 0 aliphatic rings. The highest BCUT2D eigenvalue weighted by molar-refractivity contribution is 5.91. The lowest BCUT2D eigenvalue weighted by Gasteiger charge is -2.10. The third-order valence-electron chi connectivity index (χ3n) is 2.72. The van der Waals surface area contributed by atoms with E-state index in [-0.39, 0.29) is 18.4 Å². The molecule has 20 heavy (non-hydrogen) atoms. The Balaban J connectivity index is 2.44. The molecule has 1 aromatic rings. The van der Waals surface area contributed by atoms with Crippen molar-refractivity contribution < 1.29 is 19.4 Å². The van der Waals surface area contributed by atoms with Gasteiger partial charge in [0.15, 0.2) is 0 Å². The van der Waals surface area contributed by atoms with Crippen molar-refractivity contribution in [3.63, 3.8) is 0 Å². The van der Waals surface area contributed by atoms with Gasteiger partial charge in [-0.05, 0) is 37.1 Å². The summed E-state index contributed by atoms with van der Waals surface area (Å²) >= 11 is 0. The van der Waals surface area contributed by atoms with Crippen LogP contribution in [0, 0.1) is 0 Å². The number of nitrogens with one attached hydrogen (secondary N) is 1. The van der Waals surface area contributed by atoms with E-state index in [0.717, 1.165) is 11.3 Å². The van der Waals surface area contributed by atoms with Gasteiger partial charge in [-0.15, -0.1) is 0 Å². The molecule has 2 N–H and O–H groups in total. The smallest absolute Gasteiger partial charge is 0.303 e. The number of ether oxygens (including phenoxy) is 1. The number of amides is 1. The van der Waals surface area contributed by atoms with E-state index in [1.165, 1.54) is 6.08 Å². The third-order valence-corrected chi connectivity index (χ3v) is 2.72. The predicted octanol–water partition coefficient (Wildman–Crippen LogP) is 2.08. The van der Waals surface area contributed by atoms with E-state index in [9.17, 15) is 9.59 Å². The summed E-state index contributed by atoms with van der Waals surface area (Å²) in [6.07, 6.45) is 3.58. The molecule has 5 heteroatoms. The number of carbonyl (C=O) groups excluding carboxylic acids is 1. The molecule has 0 saturated carbocycles. The average Bonchev–Trinajstić information content (AvgIpc) is 2.43. The minimum atomic E-state index is -0.861. The minimum Gasteiger partial charge on any atom is -0.497 e. The molecule has 0 aromatic heterocycles. The fourth-order valence-electron chi connectivity index (χ4n) is 1.59. The summed E-state index contributed by atoms with van der Waals surface area (Å²) in [4.78, 5) is 22.0. The molecule has 1 atom stereocenters. The van der Waals surface area contributed by atoms with Crippen LogP contribution in [0.1, 0.15) is 25.3 Å². The molecule has 1 rings (SSSR count). The number of benzene rings is 1. The van der Waals surface area contributed by atoms with Crippen molar-refractivity contribution >= 4 is 18.0 Å². The van der Waals surface area contributed by atoms with Gasteiger partial charge in [0.25, 0.3) is 0 Å². The summed E-state index contributed by atoms with van der Waals surface area (Å²) in [5, 5.41) is 11.3. The van der Waals surface area contributed by atoms with Gasteiger partial charge >= 0.3 is 5.97 Å². The zero-order valence-electron chi connectivity index (χ0n) is 11.6. The van der Waals surface area contributed by atoms with E-state index >= 15 is 0 Å². The molecule has 0 fully saturated rings. The Bertz CT molecular complexity index is 479. The fourth-order valence-corrected chi connectivity index (χ4v) is 1.59. The van der Waals surface area contributed by atoms with E-state index in [0.29, 0.717) is 6.42 Å². The number of methoxy groups -OCH3 is 1. The monoisotopic (exact) mass is 277 g/mol. The number of carboxylic acid groups (broad SMARTS) is 1. The van der Waals surface area contributed by atoms with Gasteiger partial charge < -0.3 is 15.2 Å². The Labute approximate surface area is 118 Å². The maximum Gasteiger partial charge on any atom is 0.303 e. The van der Waals surface area contributed by atoms with Crippen molar-refractivity contribution in [3.05, 3.63) is 35.9 Å². The summed E-state index contributed by atoms with van der Waals surface area (Å²) in [5.74, 6) is -0.340. The first-order valence-electron chi connectivity index (χ1n) is 6.35. The number of aliphatic carboxylic acids is 1. The lowest BCUT2D eigenvalue weighted by Crippen LogP contribution is -2.31. The summed E-state index contributed by atoms with van der Waals surface area (Å²) in [7, 11) is 1.59. The molecule has 1 unspecified atom stereocenters. The van der Waals surface area contributed by atoms with Crippen molar-refractivity contribution in [2.24, 2.45) is 0 Å². The maximum absolute atomic E-state index is 11.6.